The van der Waals surface area contributed by atoms with Crippen LogP contribution >= 0.6 is 0 Å². The van der Waals surface area contributed by atoms with Gasteiger partial charge in [0.25, 0.3) is 5.89 Å². The van der Waals surface area contributed by atoms with Crippen molar-refractivity contribution in [3.05, 3.63) is 47.8 Å². The lowest BCUT2D eigenvalue weighted by Gasteiger charge is -2.27. The number of hydrogen-bond donors (Lipinski definition) is 1. The Kier molecular flexibility index (Phi) is 7.24. The van der Waals surface area contributed by atoms with Crippen molar-refractivity contribution in [2.24, 2.45) is 0 Å². The molecule has 14 heteroatoms. The second-order valence-electron chi connectivity index (χ2n) is 9.60. The van der Waals surface area contributed by atoms with E-state index in [0.29, 0.717) is 31.2 Å². The first kappa shape index (κ1) is 26.8. The van der Waals surface area contributed by atoms with Crippen LogP contribution in [0.2, 0.25) is 0 Å². The predicted molar refractivity (Wildman–Crippen MR) is 142 cm³/mol. The van der Waals surface area contributed by atoms with Crippen LogP contribution in [0.1, 0.15) is 37.9 Å². The number of nitrogens with two attached hydrogens (primary N) is 1. The Bertz CT molecular complexity index is 1610. The van der Waals surface area contributed by atoms with Crippen molar-refractivity contribution < 1.29 is 22.8 Å². The van der Waals surface area contributed by atoms with E-state index in [1.54, 1.807) is 11.9 Å². The predicted octanol–water partition coefficient (Wildman–Crippen LogP) is 3.21. The molecule has 5 heterocycles. The Morgan fingerprint density at radius 2 is 2.02 bits per heavy atom. The molecule has 1 aliphatic rings. The molecule has 0 saturated carbocycles. The van der Waals surface area contributed by atoms with E-state index in [0.717, 1.165) is 6.07 Å². The van der Waals surface area contributed by atoms with E-state index in [4.69, 9.17) is 15.0 Å². The van der Waals surface area contributed by atoms with Crippen LogP contribution in [-0.4, -0.2) is 74.2 Å². The van der Waals surface area contributed by atoms with Gasteiger partial charge in [0.05, 0.1) is 12.5 Å². The number of pyridine rings is 2. The highest BCUT2D eigenvalue weighted by molar-refractivity contribution is 5.93. The maximum Gasteiger partial charge on any atom is 0.318 e. The standard InChI is InChI=1S/C26H27F2N9O3/c1-13(2)24-32-18(40-35-24)7-8-19(38)37-10-9-14(12-37)36(3)25-15-11-30-23(22-16(27)5-6-17(29)31-22)20(28)21(15)33-26(34-25)39-4/h5-8,11,13-14H,9-10,12H2,1-4H3,(H2,29,31)/b8-7+. The number of aromatic nitrogens is 6. The number of fused-ring (bicyclic) bond motifs is 1. The smallest absolute Gasteiger partial charge is 0.318 e. The van der Waals surface area contributed by atoms with Crippen molar-refractivity contribution in [1.82, 2.24) is 35.0 Å². The fourth-order valence-corrected chi connectivity index (χ4v) is 4.40. The van der Waals surface area contributed by atoms with E-state index in [1.807, 2.05) is 18.7 Å². The number of anilines is 2. The number of likely N-dealkylation sites (tertiary alicyclic amines) is 1. The van der Waals surface area contributed by atoms with Crippen molar-refractivity contribution in [3.8, 4) is 17.4 Å². The molecule has 4 aromatic rings. The van der Waals surface area contributed by atoms with Crippen LogP contribution in [0.25, 0.3) is 28.4 Å². The minimum atomic E-state index is -0.889. The monoisotopic (exact) mass is 551 g/mol. The quantitative estimate of drug-likeness (QED) is 0.337. The van der Waals surface area contributed by atoms with Crippen molar-refractivity contribution in [1.29, 1.82) is 0 Å². The lowest BCUT2D eigenvalue weighted by molar-refractivity contribution is -0.124. The Balaban J connectivity index is 1.40. The summed E-state index contributed by atoms with van der Waals surface area (Å²) in [5.74, 6) is -0.574. The Morgan fingerprint density at radius 1 is 1.23 bits per heavy atom. The Morgan fingerprint density at radius 3 is 2.75 bits per heavy atom. The van der Waals surface area contributed by atoms with E-state index >= 15 is 4.39 Å². The van der Waals surface area contributed by atoms with Crippen molar-refractivity contribution >= 4 is 34.5 Å². The van der Waals surface area contributed by atoms with Gasteiger partial charge >= 0.3 is 6.01 Å². The molecule has 0 aliphatic carbocycles. The second kappa shape index (κ2) is 10.8. The molecular formula is C26H27F2N9O3. The molecule has 2 N–H and O–H groups in total. The summed E-state index contributed by atoms with van der Waals surface area (Å²) < 4.78 is 40.5. The normalized spacial score (nSPS) is 15.5. The molecule has 0 spiro atoms. The SMILES string of the molecule is COc1nc(N(C)C2CCN(C(=O)/C=C/c3nc(C(C)C)no3)C2)c2cnc(-c3nc(N)ccc3F)c(F)c2n1. The van der Waals surface area contributed by atoms with Crippen molar-refractivity contribution in [2.45, 2.75) is 32.2 Å². The van der Waals surface area contributed by atoms with E-state index in [9.17, 15) is 9.18 Å². The second-order valence-corrected chi connectivity index (χ2v) is 9.60. The van der Waals surface area contributed by atoms with Gasteiger partial charge in [-0.05, 0) is 18.6 Å². The summed E-state index contributed by atoms with van der Waals surface area (Å²) in [5, 5.41) is 4.17. The van der Waals surface area contributed by atoms with Crippen LogP contribution < -0.4 is 15.4 Å². The lowest BCUT2D eigenvalue weighted by Crippen LogP contribution is -2.36. The molecule has 4 aromatic heterocycles. The molecule has 1 fully saturated rings. The topological polar surface area (TPSA) is 149 Å². The summed E-state index contributed by atoms with van der Waals surface area (Å²) in [6.45, 7) is 4.78. The van der Waals surface area contributed by atoms with Gasteiger partial charge in [-0.3, -0.25) is 9.78 Å². The third-order valence-corrected chi connectivity index (χ3v) is 6.62. The number of halogens is 2. The number of nitrogens with zero attached hydrogens (tertiary/aromatic N) is 8. The third kappa shape index (κ3) is 5.11. The van der Waals surface area contributed by atoms with E-state index in [-0.39, 0.29) is 57.9 Å². The summed E-state index contributed by atoms with van der Waals surface area (Å²) in [7, 11) is 3.15. The first-order chi connectivity index (χ1) is 19.2. The van der Waals surface area contributed by atoms with Gasteiger partial charge in [0.2, 0.25) is 5.91 Å². The van der Waals surface area contributed by atoms with E-state index in [1.165, 1.54) is 31.5 Å². The fraction of sp³-hybridized carbons (Fsp3) is 0.346. The molecule has 0 aromatic carbocycles. The number of carbonyl (C=O) groups excluding carboxylic acids is 1. The summed E-state index contributed by atoms with van der Waals surface area (Å²) in [6, 6.07) is 2.14. The van der Waals surface area contributed by atoms with Crippen LogP contribution in [-0.2, 0) is 4.79 Å². The largest absolute Gasteiger partial charge is 0.467 e. The Labute approximate surface area is 227 Å². The highest BCUT2D eigenvalue weighted by Crippen LogP contribution is 2.33. The molecule has 0 radical (unpaired) electrons. The van der Waals surface area contributed by atoms with Gasteiger partial charge in [-0.25, -0.2) is 13.8 Å². The molecule has 12 nitrogen and oxygen atoms in total. The highest BCUT2D eigenvalue weighted by Gasteiger charge is 2.31. The summed E-state index contributed by atoms with van der Waals surface area (Å²) in [5.41, 5.74) is 4.90. The number of amides is 1. The molecular weight excluding hydrogens is 524 g/mol. The van der Waals surface area contributed by atoms with Crippen molar-refractivity contribution in [2.75, 3.05) is 37.9 Å². The third-order valence-electron chi connectivity index (χ3n) is 6.62. The van der Waals surface area contributed by atoms with Gasteiger partial charge in [0.15, 0.2) is 17.5 Å². The Hall–Kier alpha value is -4.75. The number of nitrogen functional groups attached to an aromatic ring is 1. The van der Waals surface area contributed by atoms with Crippen LogP contribution in [0.5, 0.6) is 6.01 Å². The van der Waals surface area contributed by atoms with Gasteiger partial charge in [-0.1, -0.05) is 19.0 Å². The summed E-state index contributed by atoms with van der Waals surface area (Å²) in [4.78, 5) is 37.2. The number of rotatable bonds is 7. The maximum absolute atomic E-state index is 15.7. The first-order valence-corrected chi connectivity index (χ1v) is 12.5. The molecule has 208 valence electrons. The molecule has 1 atom stereocenters. The van der Waals surface area contributed by atoms with Crippen LogP contribution in [0.3, 0.4) is 0 Å². The van der Waals surface area contributed by atoms with E-state index < -0.39 is 11.6 Å². The minimum absolute atomic E-state index is 0.0194. The molecule has 40 heavy (non-hydrogen) atoms. The fourth-order valence-electron chi connectivity index (χ4n) is 4.40. The first-order valence-electron chi connectivity index (χ1n) is 12.5. The molecule has 1 unspecified atom stereocenters. The van der Waals surface area contributed by atoms with Gasteiger partial charge in [0, 0.05) is 50.4 Å². The average Bonchev–Trinajstić information content (AvgIpc) is 3.63. The summed E-state index contributed by atoms with van der Waals surface area (Å²) >= 11 is 0. The van der Waals surface area contributed by atoms with Gasteiger partial charge in [-0.15, -0.1) is 0 Å². The van der Waals surface area contributed by atoms with Crippen LogP contribution in [0.4, 0.5) is 20.4 Å². The zero-order valence-corrected chi connectivity index (χ0v) is 22.3. The zero-order chi connectivity index (χ0) is 28.6. The molecule has 1 saturated heterocycles. The zero-order valence-electron chi connectivity index (χ0n) is 22.3. The van der Waals surface area contributed by atoms with Gasteiger partial charge in [-0.2, -0.15) is 15.0 Å². The number of methoxy groups -OCH3 is 1. The minimum Gasteiger partial charge on any atom is -0.467 e. The molecule has 5 rings (SSSR count). The number of carbonyl (C=O) groups is 1. The maximum atomic E-state index is 15.7. The molecule has 0 bridgehead atoms. The summed E-state index contributed by atoms with van der Waals surface area (Å²) in [6.07, 6.45) is 4.88. The number of likely N-dealkylation sites (N-methyl/N-ethyl adjacent to an activating group) is 1. The molecule has 1 aliphatic heterocycles. The van der Waals surface area contributed by atoms with Gasteiger partial charge in [0.1, 0.15) is 28.5 Å². The lowest BCUT2D eigenvalue weighted by atomic mass is 10.1. The van der Waals surface area contributed by atoms with Crippen LogP contribution in [0, 0.1) is 11.6 Å². The highest BCUT2D eigenvalue weighted by atomic mass is 19.1. The molecule has 1 amide bonds. The average molecular weight is 552 g/mol. The van der Waals surface area contributed by atoms with E-state index in [2.05, 4.69) is 30.1 Å². The number of ether oxygens (including phenoxy) is 1. The number of hydrogen-bond acceptors (Lipinski definition) is 11. The van der Waals surface area contributed by atoms with Crippen LogP contribution in [0.15, 0.2) is 28.9 Å². The van der Waals surface area contributed by atoms with Crippen molar-refractivity contribution in [3.63, 3.8) is 0 Å². The van der Waals surface area contributed by atoms with Gasteiger partial charge < -0.3 is 24.8 Å².